The van der Waals surface area contributed by atoms with Gasteiger partial charge in [-0.2, -0.15) is 13.5 Å². The molecule has 1 heterocycles. The van der Waals surface area contributed by atoms with Crippen LogP contribution in [0.15, 0.2) is 17.5 Å². The molecule has 0 bridgehead atoms. The Morgan fingerprint density at radius 3 is 2.56 bits per heavy atom. The van der Waals surface area contributed by atoms with Crippen molar-refractivity contribution in [3.05, 3.63) is 22.4 Å². The molecule has 2 nitrogen and oxygen atoms in total. The van der Waals surface area contributed by atoms with E-state index in [0.717, 1.165) is 0 Å². The van der Waals surface area contributed by atoms with Crippen molar-refractivity contribution < 1.29 is 9.90 Å². The van der Waals surface area contributed by atoms with Crippen LogP contribution >= 0.6 is 24.8 Å². The first kappa shape index (κ1) is 8.52. The highest BCUT2D eigenvalue weighted by Crippen LogP contribution is 2.06. The summed E-state index contributed by atoms with van der Waals surface area (Å²) in [5, 5.41) is 10.0. The fraction of sp³-hybridized carbons (Fsp3) is 0. The maximum absolute atomic E-state index is 10.1. The molecule has 0 spiro atoms. The number of carboxylic acid groups (broad SMARTS) is 1. The quantitative estimate of drug-likeness (QED) is 0.680. The third kappa shape index (κ3) is 2.07. The van der Waals surface area contributed by atoms with Crippen molar-refractivity contribution in [1.82, 2.24) is 0 Å². The van der Waals surface area contributed by atoms with Crippen molar-refractivity contribution in [3.63, 3.8) is 0 Å². The van der Waals surface area contributed by atoms with Crippen LogP contribution in [0.2, 0.25) is 0 Å². The van der Waals surface area contributed by atoms with Crippen LogP contribution in [-0.4, -0.2) is 11.1 Å². The molecule has 0 fully saturated rings. The number of carboxylic acids is 1. The highest BCUT2D eigenvalue weighted by molar-refractivity contribution is 7.59. The van der Waals surface area contributed by atoms with Crippen LogP contribution in [0.25, 0.3) is 0 Å². The van der Waals surface area contributed by atoms with Crippen molar-refractivity contribution in [2.75, 3.05) is 0 Å². The van der Waals surface area contributed by atoms with Gasteiger partial charge >= 0.3 is 5.97 Å². The Labute approximate surface area is 63.6 Å². The molecule has 0 saturated heterocycles. The molecule has 1 N–H and O–H groups in total. The molecule has 0 aliphatic carbocycles. The third-order valence-corrected chi connectivity index (χ3v) is 1.59. The average molecular weight is 162 g/mol. The van der Waals surface area contributed by atoms with Crippen molar-refractivity contribution >= 4 is 30.8 Å². The summed E-state index contributed by atoms with van der Waals surface area (Å²) in [7, 11) is 0. The molecule has 1 rings (SSSR count). The van der Waals surface area contributed by atoms with Gasteiger partial charge in [-0.25, -0.2) is 4.79 Å². The summed E-state index contributed by atoms with van der Waals surface area (Å²) in [6.07, 6.45) is 0. The minimum atomic E-state index is -0.847. The maximum Gasteiger partial charge on any atom is 0.345 e. The van der Waals surface area contributed by atoms with E-state index in [1.165, 1.54) is 11.3 Å². The zero-order valence-electron chi connectivity index (χ0n) is 4.50. The number of hydrogen-bond acceptors (Lipinski definition) is 2. The molecule has 50 valence electrons. The summed E-state index contributed by atoms with van der Waals surface area (Å²) < 4.78 is 0. The lowest BCUT2D eigenvalue weighted by molar-refractivity contribution is 0.0702. The Morgan fingerprint density at radius 2 is 2.33 bits per heavy atom. The van der Waals surface area contributed by atoms with E-state index in [9.17, 15) is 4.79 Å². The molecule has 9 heavy (non-hydrogen) atoms. The number of carbonyl (C=O) groups is 1. The van der Waals surface area contributed by atoms with Crippen LogP contribution in [0.4, 0.5) is 0 Å². The van der Waals surface area contributed by atoms with E-state index >= 15 is 0 Å². The Balaban J connectivity index is 0.000000640. The predicted molar refractivity (Wildman–Crippen MR) is 41.7 cm³/mol. The van der Waals surface area contributed by atoms with Gasteiger partial charge in [0, 0.05) is 0 Å². The van der Waals surface area contributed by atoms with Gasteiger partial charge in [0.05, 0.1) is 0 Å². The largest absolute Gasteiger partial charge is 0.477 e. The fourth-order valence-electron chi connectivity index (χ4n) is 0.400. The van der Waals surface area contributed by atoms with E-state index < -0.39 is 5.97 Å². The molecular weight excluding hydrogens is 156 g/mol. The number of rotatable bonds is 1. The molecule has 0 unspecified atom stereocenters. The molecule has 0 amide bonds. The minimum Gasteiger partial charge on any atom is -0.477 e. The van der Waals surface area contributed by atoms with Gasteiger partial charge in [0.15, 0.2) is 0 Å². The molecule has 4 heteroatoms. The Morgan fingerprint density at radius 1 is 1.67 bits per heavy atom. The molecule has 0 aromatic carbocycles. The highest BCUT2D eigenvalue weighted by Gasteiger charge is 1.99. The summed E-state index contributed by atoms with van der Waals surface area (Å²) in [5.41, 5.74) is 0. The monoisotopic (exact) mass is 162 g/mol. The van der Waals surface area contributed by atoms with E-state index in [4.69, 9.17) is 5.11 Å². The molecule has 0 atom stereocenters. The second kappa shape index (κ2) is 3.53. The number of hydrogen-bond donors (Lipinski definition) is 1. The van der Waals surface area contributed by atoms with Gasteiger partial charge in [-0.3, -0.25) is 0 Å². The summed E-state index contributed by atoms with van der Waals surface area (Å²) in [5.74, 6) is -0.847. The van der Waals surface area contributed by atoms with Crippen LogP contribution in [0.1, 0.15) is 9.67 Å². The molecule has 0 radical (unpaired) electrons. The van der Waals surface area contributed by atoms with Crippen molar-refractivity contribution in [1.29, 1.82) is 0 Å². The third-order valence-electron chi connectivity index (χ3n) is 0.732. The topological polar surface area (TPSA) is 37.3 Å². The van der Waals surface area contributed by atoms with E-state index in [1.807, 2.05) is 0 Å². The first-order chi connectivity index (χ1) is 3.80. The lowest BCUT2D eigenvalue weighted by Gasteiger charge is -1.78. The summed E-state index contributed by atoms with van der Waals surface area (Å²) in [6, 6.07) is 3.29. The second-order valence-corrected chi connectivity index (χ2v) is 2.23. The highest BCUT2D eigenvalue weighted by atomic mass is 32.1. The number of aromatic carboxylic acids is 1. The summed E-state index contributed by atoms with van der Waals surface area (Å²) in [6.45, 7) is 0. The molecule has 0 saturated carbocycles. The van der Waals surface area contributed by atoms with Crippen LogP contribution in [0, 0.1) is 0 Å². The van der Waals surface area contributed by atoms with Gasteiger partial charge in [-0.15, -0.1) is 11.3 Å². The normalized spacial score (nSPS) is 8.00. The average Bonchev–Trinajstić information content (AvgIpc) is 2.12. The second-order valence-electron chi connectivity index (χ2n) is 1.28. The van der Waals surface area contributed by atoms with Crippen LogP contribution in [0.3, 0.4) is 0 Å². The molecule has 1 aromatic heterocycles. The van der Waals surface area contributed by atoms with Crippen molar-refractivity contribution in [3.8, 4) is 0 Å². The van der Waals surface area contributed by atoms with Gasteiger partial charge in [-0.05, 0) is 11.4 Å². The van der Waals surface area contributed by atoms with Gasteiger partial charge in [0.2, 0.25) is 0 Å². The van der Waals surface area contributed by atoms with E-state index in [1.54, 1.807) is 17.5 Å². The van der Waals surface area contributed by atoms with Gasteiger partial charge in [-0.1, -0.05) is 6.07 Å². The standard InChI is InChI=1S/C5H4O2S.H2S/c6-5(7)4-2-1-3-8-4;/h1-3H,(H,6,7);1H2. The Hall–Kier alpha value is -0.480. The maximum atomic E-state index is 10.1. The lowest BCUT2D eigenvalue weighted by atomic mass is 10.5. The lowest BCUT2D eigenvalue weighted by Crippen LogP contribution is -1.89. The van der Waals surface area contributed by atoms with Gasteiger partial charge in [0.25, 0.3) is 0 Å². The Bertz CT molecular complexity index is 181. The molecule has 1 aromatic rings. The number of thiophene rings is 1. The first-order valence-corrected chi connectivity index (χ1v) is 2.95. The smallest absolute Gasteiger partial charge is 0.345 e. The van der Waals surface area contributed by atoms with Gasteiger partial charge < -0.3 is 5.11 Å². The predicted octanol–water partition coefficient (Wildman–Crippen LogP) is 1.56. The summed E-state index contributed by atoms with van der Waals surface area (Å²) >= 11 is 1.23. The minimum absolute atomic E-state index is 0. The molecule has 0 aliphatic rings. The SMILES string of the molecule is O=C(O)c1cccs1.S. The summed E-state index contributed by atoms with van der Waals surface area (Å²) in [4.78, 5) is 10.5. The van der Waals surface area contributed by atoms with Gasteiger partial charge in [0.1, 0.15) is 4.88 Å². The molecular formula is C5H6O2S2. The molecule has 0 aliphatic heterocycles. The van der Waals surface area contributed by atoms with Crippen LogP contribution in [-0.2, 0) is 0 Å². The first-order valence-electron chi connectivity index (χ1n) is 2.07. The van der Waals surface area contributed by atoms with Crippen molar-refractivity contribution in [2.45, 2.75) is 0 Å². The van der Waals surface area contributed by atoms with Crippen molar-refractivity contribution in [2.24, 2.45) is 0 Å². The zero-order chi connectivity index (χ0) is 5.98. The zero-order valence-corrected chi connectivity index (χ0v) is 6.31. The van der Waals surface area contributed by atoms with Crippen LogP contribution < -0.4 is 0 Å². The fourth-order valence-corrected chi connectivity index (χ4v) is 0.962. The Kier molecular flexibility index (Phi) is 3.34. The van der Waals surface area contributed by atoms with E-state index in [-0.39, 0.29) is 13.5 Å². The van der Waals surface area contributed by atoms with E-state index in [0.29, 0.717) is 4.88 Å². The van der Waals surface area contributed by atoms with E-state index in [2.05, 4.69) is 0 Å². The van der Waals surface area contributed by atoms with Crippen LogP contribution in [0.5, 0.6) is 0 Å².